The smallest absolute Gasteiger partial charge is 0.419 e. The van der Waals surface area contributed by atoms with Crippen molar-refractivity contribution in [3.05, 3.63) is 72.3 Å². The second-order valence-electron chi connectivity index (χ2n) is 9.98. The van der Waals surface area contributed by atoms with Crippen LogP contribution in [0, 0.1) is 5.82 Å². The molecule has 0 saturated carbocycles. The number of morpholine rings is 1. The van der Waals surface area contributed by atoms with Crippen molar-refractivity contribution in [2.75, 3.05) is 54.0 Å². The van der Waals surface area contributed by atoms with Crippen molar-refractivity contribution in [3.63, 3.8) is 0 Å². The first kappa shape index (κ1) is 30.0. The van der Waals surface area contributed by atoms with Crippen LogP contribution in [0.3, 0.4) is 0 Å². The van der Waals surface area contributed by atoms with Gasteiger partial charge in [-0.3, -0.25) is 9.63 Å². The van der Waals surface area contributed by atoms with E-state index in [1.807, 2.05) is 6.92 Å². The number of carbonyl (C=O) groups is 1. The minimum atomic E-state index is -4.84. The second-order valence-corrected chi connectivity index (χ2v) is 9.98. The van der Waals surface area contributed by atoms with Gasteiger partial charge in [0, 0.05) is 31.6 Å². The molecule has 0 radical (unpaired) electrons. The van der Waals surface area contributed by atoms with Crippen LogP contribution in [0.4, 0.5) is 46.3 Å². The lowest BCUT2D eigenvalue weighted by Crippen LogP contribution is -2.41. The van der Waals surface area contributed by atoms with Gasteiger partial charge in [0.15, 0.2) is 5.82 Å². The number of halogens is 4. The molecule has 0 bridgehead atoms. The molecule has 3 heterocycles. The normalized spacial score (nSPS) is 18.8. The minimum absolute atomic E-state index is 0.00784. The summed E-state index contributed by atoms with van der Waals surface area (Å²) in [6, 6.07) is 7.33. The third-order valence-corrected chi connectivity index (χ3v) is 7.07. The summed E-state index contributed by atoms with van der Waals surface area (Å²) in [7, 11) is 1.51. The number of nitrogens with one attached hydrogen (secondary N) is 2. The van der Waals surface area contributed by atoms with Crippen molar-refractivity contribution >= 4 is 34.6 Å². The Hall–Kier alpha value is -4.43. The van der Waals surface area contributed by atoms with Crippen molar-refractivity contribution in [2.24, 2.45) is 0 Å². The summed E-state index contributed by atoms with van der Waals surface area (Å²) < 4.78 is 65.3. The van der Waals surface area contributed by atoms with Gasteiger partial charge in [-0.15, -0.1) is 0 Å². The number of hydrogen-bond donors (Lipinski definition) is 2. The van der Waals surface area contributed by atoms with Gasteiger partial charge in [0.05, 0.1) is 55.1 Å². The Balaban J connectivity index is 1.45. The zero-order valence-corrected chi connectivity index (χ0v) is 23.4. The zero-order valence-electron chi connectivity index (χ0n) is 23.4. The minimum Gasteiger partial charge on any atom is -0.494 e. The molecule has 2 fully saturated rings. The van der Waals surface area contributed by atoms with E-state index >= 15 is 0 Å². The average Bonchev–Trinajstić information content (AvgIpc) is 3.47. The van der Waals surface area contributed by atoms with E-state index in [1.54, 1.807) is 18.2 Å². The quantitative estimate of drug-likeness (QED) is 0.251. The Morgan fingerprint density at radius 3 is 2.70 bits per heavy atom. The van der Waals surface area contributed by atoms with Gasteiger partial charge in [-0.1, -0.05) is 12.6 Å². The molecule has 1 aromatic heterocycles. The highest BCUT2D eigenvalue weighted by molar-refractivity contribution is 6.02. The maximum absolute atomic E-state index is 13.9. The van der Waals surface area contributed by atoms with Crippen LogP contribution < -0.4 is 25.3 Å². The summed E-state index contributed by atoms with van der Waals surface area (Å²) in [4.78, 5) is 28.6. The van der Waals surface area contributed by atoms with E-state index in [2.05, 4.69) is 32.1 Å². The summed E-state index contributed by atoms with van der Waals surface area (Å²) in [5.74, 6) is -0.679. The number of aromatic nitrogens is 2. The molecule has 2 saturated heterocycles. The zero-order chi connectivity index (χ0) is 30.7. The Labute approximate surface area is 245 Å². The van der Waals surface area contributed by atoms with Crippen molar-refractivity contribution < 1.29 is 36.7 Å². The average molecular weight is 603 g/mol. The number of carbonyl (C=O) groups excluding carboxylic acids is 1. The Morgan fingerprint density at radius 2 is 1.98 bits per heavy atom. The van der Waals surface area contributed by atoms with Gasteiger partial charge in [0.1, 0.15) is 23.7 Å². The molecule has 0 spiro atoms. The molecule has 2 aliphatic rings. The van der Waals surface area contributed by atoms with Crippen LogP contribution in [0.1, 0.15) is 30.5 Å². The number of anilines is 5. The summed E-state index contributed by atoms with van der Waals surface area (Å²) in [6.07, 6.45) is -2.04. The highest BCUT2D eigenvalue weighted by Gasteiger charge is 2.37. The summed E-state index contributed by atoms with van der Waals surface area (Å²) in [6.45, 7) is 7.47. The van der Waals surface area contributed by atoms with E-state index in [4.69, 9.17) is 14.3 Å². The number of ether oxygens (including phenoxy) is 2. The van der Waals surface area contributed by atoms with E-state index in [9.17, 15) is 22.4 Å². The van der Waals surface area contributed by atoms with E-state index in [1.165, 1.54) is 30.6 Å². The standard InChI is InChI=1S/C29H30F4N6O4/c1-4-28(40)37-21-12-22(25(41-3)13-24(21)38-8-10-42-17(2)15-38)36-26-14-27(35-16-34-26)39-23(7-9-43-39)18-5-6-20(30)19(11-18)29(31,32)33/h4-6,11-14,16-17,23H,1,7-10,15H2,2-3H3,(H,37,40)(H,34,35,36)/t17-,23-/m1/s1. The summed E-state index contributed by atoms with van der Waals surface area (Å²) in [5.41, 5.74) is 0.613. The number of methoxy groups -OCH3 is 1. The highest BCUT2D eigenvalue weighted by Crippen LogP contribution is 2.41. The van der Waals surface area contributed by atoms with Gasteiger partial charge in [0.2, 0.25) is 5.91 Å². The van der Waals surface area contributed by atoms with Gasteiger partial charge in [-0.25, -0.2) is 19.4 Å². The van der Waals surface area contributed by atoms with Gasteiger partial charge >= 0.3 is 6.18 Å². The number of hydroxylamine groups is 1. The van der Waals surface area contributed by atoms with E-state index in [-0.39, 0.29) is 24.1 Å². The van der Waals surface area contributed by atoms with E-state index < -0.39 is 29.5 Å². The molecule has 2 N–H and O–H groups in total. The molecular weight excluding hydrogens is 572 g/mol. The third-order valence-electron chi connectivity index (χ3n) is 7.07. The number of alkyl halides is 3. The van der Waals surface area contributed by atoms with E-state index in [0.29, 0.717) is 49.1 Å². The van der Waals surface area contributed by atoms with Gasteiger partial charge in [0.25, 0.3) is 0 Å². The molecule has 2 aliphatic heterocycles. The molecule has 0 aliphatic carbocycles. The van der Waals surface area contributed by atoms with Crippen LogP contribution in [-0.2, 0) is 20.5 Å². The topological polar surface area (TPSA) is 101 Å². The largest absolute Gasteiger partial charge is 0.494 e. The number of benzene rings is 2. The molecule has 3 aromatic rings. The maximum Gasteiger partial charge on any atom is 0.419 e. The van der Waals surface area contributed by atoms with Crippen molar-refractivity contribution in [3.8, 4) is 5.75 Å². The molecule has 1 amide bonds. The molecule has 2 aromatic carbocycles. The summed E-state index contributed by atoms with van der Waals surface area (Å²) in [5, 5.41) is 7.40. The Morgan fingerprint density at radius 1 is 1.16 bits per heavy atom. The van der Waals surface area contributed by atoms with Gasteiger partial charge in [-0.05, 0) is 36.8 Å². The van der Waals surface area contributed by atoms with Crippen LogP contribution in [0.25, 0.3) is 0 Å². The van der Waals surface area contributed by atoms with Gasteiger partial charge in [-0.2, -0.15) is 13.2 Å². The van der Waals surface area contributed by atoms with Crippen molar-refractivity contribution in [1.29, 1.82) is 0 Å². The molecular formula is C29H30F4N6O4. The van der Waals surface area contributed by atoms with Crippen LogP contribution >= 0.6 is 0 Å². The molecule has 10 nitrogen and oxygen atoms in total. The first-order chi connectivity index (χ1) is 20.6. The number of rotatable bonds is 8. The van der Waals surface area contributed by atoms with Crippen molar-refractivity contribution in [1.82, 2.24) is 9.97 Å². The lowest BCUT2D eigenvalue weighted by molar-refractivity contribution is -0.140. The number of hydrogen-bond acceptors (Lipinski definition) is 9. The number of amides is 1. The van der Waals surface area contributed by atoms with Gasteiger partial charge < -0.3 is 25.0 Å². The third kappa shape index (κ3) is 6.65. The summed E-state index contributed by atoms with van der Waals surface area (Å²) >= 11 is 0. The molecule has 14 heteroatoms. The molecule has 43 heavy (non-hydrogen) atoms. The fourth-order valence-electron chi connectivity index (χ4n) is 5.06. The fraction of sp³-hybridized carbons (Fsp3) is 0.345. The number of nitrogens with zero attached hydrogens (tertiary/aromatic N) is 4. The van der Waals surface area contributed by atoms with Crippen LogP contribution in [-0.4, -0.2) is 55.4 Å². The maximum atomic E-state index is 13.9. The van der Waals surface area contributed by atoms with Crippen LogP contribution in [0.5, 0.6) is 5.75 Å². The molecule has 5 rings (SSSR count). The van der Waals surface area contributed by atoms with Crippen LogP contribution in [0.15, 0.2) is 55.4 Å². The lowest BCUT2D eigenvalue weighted by Gasteiger charge is -2.34. The molecule has 228 valence electrons. The predicted octanol–water partition coefficient (Wildman–Crippen LogP) is 5.62. The monoisotopic (exact) mass is 602 g/mol. The Bertz CT molecular complexity index is 1500. The predicted molar refractivity (Wildman–Crippen MR) is 152 cm³/mol. The van der Waals surface area contributed by atoms with Crippen LogP contribution in [0.2, 0.25) is 0 Å². The second kappa shape index (κ2) is 12.4. The van der Waals surface area contributed by atoms with Crippen molar-refractivity contribution in [2.45, 2.75) is 31.7 Å². The molecule has 0 unspecified atom stereocenters. The first-order valence-electron chi connectivity index (χ1n) is 13.5. The fourth-order valence-corrected chi connectivity index (χ4v) is 5.06. The Kier molecular flexibility index (Phi) is 8.69. The SMILES string of the molecule is C=CC(=O)Nc1cc(Nc2cc(N3OCC[C@@H]3c3ccc(F)c(C(F)(F)F)c3)ncn2)c(OC)cc1N1CCO[C@H](C)C1. The highest BCUT2D eigenvalue weighted by atomic mass is 19.4. The van der Waals surface area contributed by atoms with E-state index in [0.717, 1.165) is 17.8 Å². The first-order valence-corrected chi connectivity index (χ1v) is 13.5. The molecule has 2 atom stereocenters. The lowest BCUT2D eigenvalue weighted by atomic mass is 10.0.